The van der Waals surface area contributed by atoms with Gasteiger partial charge < -0.3 is 14.7 Å². The number of hydrogen-bond donors (Lipinski definition) is 1. The molecule has 1 aliphatic rings. The highest BCUT2D eigenvalue weighted by molar-refractivity contribution is 5.69. The maximum Gasteiger partial charge on any atom is 0.410 e. The number of rotatable bonds is 2. The Bertz CT molecular complexity index is 432. The Morgan fingerprint density at radius 3 is 2.72 bits per heavy atom. The number of likely N-dealkylation sites (tertiary alicyclic amines) is 1. The van der Waals surface area contributed by atoms with Crippen LogP contribution in [-0.2, 0) is 11.3 Å². The highest BCUT2D eigenvalue weighted by Crippen LogP contribution is 2.22. The van der Waals surface area contributed by atoms with Crippen LogP contribution in [0.2, 0.25) is 0 Å². The first-order chi connectivity index (χ1) is 8.39. The van der Waals surface area contributed by atoms with Crippen LogP contribution < -0.4 is 0 Å². The van der Waals surface area contributed by atoms with Crippen molar-refractivity contribution in [3.8, 4) is 0 Å². The lowest BCUT2D eigenvalue weighted by Gasteiger charge is -2.39. The second kappa shape index (κ2) is 4.56. The molecule has 0 saturated carbocycles. The number of aliphatic hydroxyl groups is 1. The quantitative estimate of drug-likeness (QED) is 0.834. The normalized spacial score (nSPS) is 16.6. The van der Waals surface area contributed by atoms with E-state index in [0.717, 1.165) is 0 Å². The predicted molar refractivity (Wildman–Crippen MR) is 62.8 cm³/mol. The number of aliphatic hydroxyl groups excluding tert-OH is 1. The fourth-order valence-corrected chi connectivity index (χ4v) is 1.66. The van der Waals surface area contributed by atoms with E-state index >= 15 is 0 Å². The molecule has 0 radical (unpaired) electrons. The van der Waals surface area contributed by atoms with E-state index in [2.05, 4.69) is 10.1 Å². The number of aromatic nitrogens is 3. The molecule has 1 amide bonds. The van der Waals surface area contributed by atoms with Crippen molar-refractivity contribution >= 4 is 6.09 Å². The van der Waals surface area contributed by atoms with E-state index < -0.39 is 5.60 Å². The molecule has 0 aliphatic carbocycles. The molecule has 1 N–H and O–H groups in total. The summed E-state index contributed by atoms with van der Waals surface area (Å²) in [5.41, 5.74) is -0.473. The lowest BCUT2D eigenvalue weighted by atomic mass is 10.1. The molecular weight excluding hydrogens is 236 g/mol. The van der Waals surface area contributed by atoms with Gasteiger partial charge in [-0.25, -0.2) is 14.5 Å². The molecule has 0 atom stereocenters. The Morgan fingerprint density at radius 2 is 2.22 bits per heavy atom. The van der Waals surface area contributed by atoms with E-state index in [1.165, 1.54) is 0 Å². The average Bonchev–Trinajstić information content (AvgIpc) is 2.60. The number of ether oxygens (including phenoxy) is 1. The van der Waals surface area contributed by atoms with Crippen LogP contribution in [0.15, 0.2) is 6.33 Å². The van der Waals surface area contributed by atoms with Gasteiger partial charge in [-0.15, -0.1) is 0 Å². The molecule has 100 valence electrons. The first-order valence-electron chi connectivity index (χ1n) is 5.88. The molecule has 1 fully saturated rings. The van der Waals surface area contributed by atoms with Crippen LogP contribution in [0.5, 0.6) is 0 Å². The van der Waals surface area contributed by atoms with Gasteiger partial charge in [0.1, 0.15) is 18.5 Å². The summed E-state index contributed by atoms with van der Waals surface area (Å²) in [5.74, 6) is 0.394. The van der Waals surface area contributed by atoms with Crippen LogP contribution in [0.3, 0.4) is 0 Å². The smallest absolute Gasteiger partial charge is 0.410 e. The van der Waals surface area contributed by atoms with Crippen molar-refractivity contribution in [1.82, 2.24) is 19.7 Å². The van der Waals surface area contributed by atoms with Crippen molar-refractivity contribution < 1.29 is 14.6 Å². The molecule has 0 unspecified atom stereocenters. The third-order valence-corrected chi connectivity index (χ3v) is 2.59. The Hall–Kier alpha value is -1.63. The Kier molecular flexibility index (Phi) is 3.25. The van der Waals surface area contributed by atoms with Crippen molar-refractivity contribution in [2.75, 3.05) is 13.1 Å². The lowest BCUT2D eigenvalue weighted by Crippen LogP contribution is -2.52. The van der Waals surface area contributed by atoms with Crippen LogP contribution in [0.1, 0.15) is 32.6 Å². The summed E-state index contributed by atoms with van der Waals surface area (Å²) in [6, 6.07) is 0.116. The van der Waals surface area contributed by atoms with Gasteiger partial charge in [-0.05, 0) is 20.8 Å². The van der Waals surface area contributed by atoms with Gasteiger partial charge in [0.25, 0.3) is 0 Å². The first kappa shape index (κ1) is 12.8. The number of carbonyl (C=O) groups is 1. The standard InChI is InChI=1S/C11H18N4O3/c1-11(2,3)18-10(17)14-4-8(5-14)15-7-12-9(6-16)13-15/h7-8,16H,4-6H2,1-3H3. The van der Waals surface area contributed by atoms with Crippen molar-refractivity contribution in [2.24, 2.45) is 0 Å². The van der Waals surface area contributed by atoms with Gasteiger partial charge in [-0.1, -0.05) is 0 Å². The van der Waals surface area contributed by atoms with Gasteiger partial charge in [0.15, 0.2) is 5.82 Å². The summed E-state index contributed by atoms with van der Waals surface area (Å²) in [7, 11) is 0. The summed E-state index contributed by atoms with van der Waals surface area (Å²) in [5, 5.41) is 13.0. The summed E-state index contributed by atoms with van der Waals surface area (Å²) >= 11 is 0. The predicted octanol–water partition coefficient (Wildman–Crippen LogP) is 0.562. The number of amides is 1. The van der Waals surface area contributed by atoms with E-state index in [0.29, 0.717) is 18.9 Å². The van der Waals surface area contributed by atoms with Crippen LogP contribution in [0, 0.1) is 0 Å². The molecule has 1 aliphatic heterocycles. The molecule has 7 heteroatoms. The average molecular weight is 254 g/mol. The topological polar surface area (TPSA) is 80.5 Å². The van der Waals surface area contributed by atoms with Crippen molar-refractivity contribution in [1.29, 1.82) is 0 Å². The highest BCUT2D eigenvalue weighted by Gasteiger charge is 2.35. The second-order valence-electron chi connectivity index (χ2n) is 5.34. The van der Waals surface area contributed by atoms with Gasteiger partial charge in [-0.2, -0.15) is 5.10 Å². The summed E-state index contributed by atoms with van der Waals surface area (Å²) in [6.45, 7) is 6.47. The Morgan fingerprint density at radius 1 is 1.56 bits per heavy atom. The molecule has 7 nitrogen and oxygen atoms in total. The largest absolute Gasteiger partial charge is 0.444 e. The zero-order valence-electron chi connectivity index (χ0n) is 10.8. The van der Waals surface area contributed by atoms with E-state index in [1.807, 2.05) is 20.8 Å². The fourth-order valence-electron chi connectivity index (χ4n) is 1.66. The molecule has 0 aromatic carbocycles. The third kappa shape index (κ3) is 2.79. The van der Waals surface area contributed by atoms with E-state index in [9.17, 15) is 4.79 Å². The second-order valence-corrected chi connectivity index (χ2v) is 5.34. The Labute approximate surface area is 105 Å². The van der Waals surface area contributed by atoms with Gasteiger partial charge >= 0.3 is 6.09 Å². The minimum Gasteiger partial charge on any atom is -0.444 e. The van der Waals surface area contributed by atoms with E-state index in [4.69, 9.17) is 9.84 Å². The van der Waals surface area contributed by atoms with E-state index in [-0.39, 0.29) is 18.7 Å². The van der Waals surface area contributed by atoms with Gasteiger partial charge in [0, 0.05) is 13.1 Å². The van der Waals surface area contributed by atoms with Gasteiger partial charge in [0.2, 0.25) is 0 Å². The zero-order valence-corrected chi connectivity index (χ0v) is 10.8. The Balaban J connectivity index is 1.85. The number of carbonyl (C=O) groups excluding carboxylic acids is 1. The van der Waals surface area contributed by atoms with Crippen LogP contribution in [0.4, 0.5) is 4.79 Å². The highest BCUT2D eigenvalue weighted by atomic mass is 16.6. The molecule has 2 rings (SSSR count). The summed E-state index contributed by atoms with van der Waals surface area (Å²) in [4.78, 5) is 17.3. The zero-order chi connectivity index (χ0) is 13.3. The van der Waals surface area contributed by atoms with Crippen LogP contribution >= 0.6 is 0 Å². The van der Waals surface area contributed by atoms with Crippen molar-refractivity contribution in [3.05, 3.63) is 12.2 Å². The summed E-state index contributed by atoms with van der Waals surface area (Å²) in [6.07, 6.45) is 1.27. The molecule has 18 heavy (non-hydrogen) atoms. The fraction of sp³-hybridized carbons (Fsp3) is 0.727. The number of nitrogens with zero attached hydrogens (tertiary/aromatic N) is 4. The third-order valence-electron chi connectivity index (χ3n) is 2.59. The molecule has 0 bridgehead atoms. The van der Waals surface area contributed by atoms with Crippen molar-refractivity contribution in [2.45, 2.75) is 39.0 Å². The SMILES string of the molecule is CC(C)(C)OC(=O)N1CC(n2cnc(CO)n2)C1. The molecule has 1 aromatic rings. The van der Waals surface area contributed by atoms with Gasteiger partial charge in [0.05, 0.1) is 6.04 Å². The molecule has 0 spiro atoms. The minimum atomic E-state index is -0.473. The van der Waals surface area contributed by atoms with Crippen LogP contribution in [0.25, 0.3) is 0 Å². The number of hydrogen-bond acceptors (Lipinski definition) is 5. The minimum absolute atomic E-state index is 0.116. The lowest BCUT2D eigenvalue weighted by molar-refractivity contribution is -0.000518. The first-order valence-corrected chi connectivity index (χ1v) is 5.88. The maximum atomic E-state index is 11.7. The van der Waals surface area contributed by atoms with Crippen molar-refractivity contribution in [3.63, 3.8) is 0 Å². The van der Waals surface area contributed by atoms with Crippen LogP contribution in [-0.4, -0.2) is 49.6 Å². The maximum absolute atomic E-state index is 11.7. The summed E-state index contributed by atoms with van der Waals surface area (Å²) < 4.78 is 6.93. The monoisotopic (exact) mass is 254 g/mol. The van der Waals surface area contributed by atoms with Gasteiger partial charge in [-0.3, -0.25) is 0 Å². The molecule has 2 heterocycles. The van der Waals surface area contributed by atoms with E-state index in [1.54, 1.807) is 15.9 Å². The molecule has 1 saturated heterocycles. The molecule has 1 aromatic heterocycles. The molecular formula is C11H18N4O3.